The number of carbonyl (C=O) groups is 1. The first-order valence-corrected chi connectivity index (χ1v) is 11.7. The Labute approximate surface area is 195 Å². The molecule has 5 nitrogen and oxygen atoms in total. The van der Waals surface area contributed by atoms with Crippen LogP contribution in [0.2, 0.25) is 5.15 Å². The lowest BCUT2D eigenvalue weighted by molar-refractivity contribution is 0.0944. The van der Waals surface area contributed by atoms with Crippen LogP contribution in [-0.2, 0) is 11.0 Å². The topological polar surface area (TPSA) is 59.8 Å². The van der Waals surface area contributed by atoms with E-state index >= 15 is 0 Å². The molecule has 1 aliphatic heterocycles. The maximum Gasteiger partial charge on any atom is 0.169 e. The Morgan fingerprint density at radius 1 is 1.16 bits per heavy atom. The SMILES string of the molecule is CCC(CC)(CC(=O)c1cnn2c1NC(c1ccccc1)CC2(C)C)c1ccc(Cl)nc1. The smallest absolute Gasteiger partial charge is 0.169 e. The summed E-state index contributed by atoms with van der Waals surface area (Å²) in [4.78, 5) is 17.9. The van der Waals surface area contributed by atoms with Crippen molar-refractivity contribution in [2.75, 3.05) is 5.32 Å². The van der Waals surface area contributed by atoms with Gasteiger partial charge in [-0.15, -0.1) is 0 Å². The number of nitrogens with one attached hydrogen (secondary N) is 1. The van der Waals surface area contributed by atoms with E-state index in [9.17, 15) is 4.79 Å². The number of anilines is 1. The van der Waals surface area contributed by atoms with E-state index in [1.54, 1.807) is 12.3 Å². The molecule has 4 rings (SSSR count). The molecule has 1 aromatic carbocycles. The molecule has 0 radical (unpaired) electrons. The van der Waals surface area contributed by atoms with Gasteiger partial charge in [0.15, 0.2) is 5.78 Å². The van der Waals surface area contributed by atoms with Crippen molar-refractivity contribution in [1.29, 1.82) is 0 Å². The highest BCUT2D eigenvalue weighted by Crippen LogP contribution is 2.42. The summed E-state index contributed by atoms with van der Waals surface area (Å²) in [7, 11) is 0. The Balaban J connectivity index is 1.67. The van der Waals surface area contributed by atoms with Crippen LogP contribution in [0.25, 0.3) is 0 Å². The van der Waals surface area contributed by atoms with Gasteiger partial charge in [0.05, 0.1) is 23.3 Å². The Hall–Kier alpha value is -2.66. The quantitative estimate of drug-likeness (QED) is 0.327. The van der Waals surface area contributed by atoms with Crippen molar-refractivity contribution < 1.29 is 4.79 Å². The van der Waals surface area contributed by atoms with Gasteiger partial charge < -0.3 is 5.32 Å². The highest BCUT2D eigenvalue weighted by molar-refractivity contribution is 6.29. The Morgan fingerprint density at radius 2 is 1.88 bits per heavy atom. The molecular weight excluding hydrogens is 420 g/mol. The molecule has 0 bridgehead atoms. The molecule has 1 unspecified atom stereocenters. The number of Topliss-reactive ketones (excluding diaryl/α,β-unsaturated/α-hetero) is 1. The lowest BCUT2D eigenvalue weighted by Gasteiger charge is -2.38. The minimum Gasteiger partial charge on any atom is -0.363 e. The number of nitrogens with zero attached hydrogens (tertiary/aromatic N) is 3. The fraction of sp³-hybridized carbons (Fsp3) is 0.423. The molecule has 0 spiro atoms. The van der Waals surface area contributed by atoms with Crippen molar-refractivity contribution in [1.82, 2.24) is 14.8 Å². The van der Waals surface area contributed by atoms with Gasteiger partial charge in [-0.2, -0.15) is 5.10 Å². The largest absolute Gasteiger partial charge is 0.363 e. The fourth-order valence-electron chi connectivity index (χ4n) is 4.94. The summed E-state index contributed by atoms with van der Waals surface area (Å²) in [6.45, 7) is 8.61. The number of fused-ring (bicyclic) bond motifs is 1. The monoisotopic (exact) mass is 450 g/mol. The maximum atomic E-state index is 13.7. The van der Waals surface area contributed by atoms with Crippen molar-refractivity contribution >= 4 is 23.2 Å². The van der Waals surface area contributed by atoms with Gasteiger partial charge >= 0.3 is 0 Å². The van der Waals surface area contributed by atoms with E-state index in [-0.39, 0.29) is 22.8 Å². The molecule has 1 N–H and O–H groups in total. The van der Waals surface area contributed by atoms with Crippen LogP contribution in [0, 0.1) is 0 Å². The van der Waals surface area contributed by atoms with Gasteiger partial charge in [-0.1, -0.05) is 61.8 Å². The van der Waals surface area contributed by atoms with Crippen molar-refractivity contribution in [3.8, 4) is 0 Å². The van der Waals surface area contributed by atoms with Gasteiger partial charge in [-0.25, -0.2) is 9.67 Å². The predicted molar refractivity (Wildman–Crippen MR) is 129 cm³/mol. The number of pyridine rings is 1. The third-order valence-corrected chi connectivity index (χ3v) is 7.28. The van der Waals surface area contributed by atoms with E-state index < -0.39 is 0 Å². The number of aromatic nitrogens is 3. The third kappa shape index (κ3) is 4.06. The number of halogens is 1. The van der Waals surface area contributed by atoms with E-state index in [0.29, 0.717) is 17.1 Å². The van der Waals surface area contributed by atoms with Crippen LogP contribution in [0.5, 0.6) is 0 Å². The lowest BCUT2D eigenvalue weighted by atomic mass is 9.72. The van der Waals surface area contributed by atoms with Crippen LogP contribution < -0.4 is 5.32 Å². The number of ketones is 1. The van der Waals surface area contributed by atoms with Crippen molar-refractivity contribution in [3.05, 3.63) is 76.7 Å². The molecule has 3 heterocycles. The number of benzene rings is 1. The minimum atomic E-state index is -0.285. The van der Waals surface area contributed by atoms with Gasteiger partial charge in [-0.3, -0.25) is 4.79 Å². The van der Waals surface area contributed by atoms with Gasteiger partial charge in [-0.05, 0) is 50.3 Å². The molecule has 0 amide bonds. The van der Waals surface area contributed by atoms with E-state index in [4.69, 9.17) is 11.6 Å². The average molecular weight is 451 g/mol. The Kier molecular flexibility index (Phi) is 6.13. The molecule has 0 saturated heterocycles. The molecule has 0 fully saturated rings. The summed E-state index contributed by atoms with van der Waals surface area (Å²) < 4.78 is 1.98. The molecule has 168 valence electrons. The fourth-order valence-corrected chi connectivity index (χ4v) is 5.05. The summed E-state index contributed by atoms with van der Waals surface area (Å²) in [5.74, 6) is 0.914. The van der Waals surface area contributed by atoms with E-state index in [1.807, 2.05) is 23.0 Å². The lowest BCUT2D eigenvalue weighted by Crippen LogP contribution is -2.38. The second-order valence-electron chi connectivity index (χ2n) is 9.40. The number of hydrogen-bond donors (Lipinski definition) is 1. The molecule has 32 heavy (non-hydrogen) atoms. The van der Waals surface area contributed by atoms with Crippen molar-refractivity contribution in [3.63, 3.8) is 0 Å². The standard InChI is InChI=1S/C26H31ClN4O/c1-5-26(6-2,19-12-13-23(27)28-16-19)15-22(32)20-17-29-31-24(20)30-21(14-25(31,3)4)18-10-8-7-9-11-18/h7-13,16-17,21,30H,5-6,14-15H2,1-4H3. The third-order valence-electron chi connectivity index (χ3n) is 7.05. The van der Waals surface area contributed by atoms with Crippen molar-refractivity contribution in [2.24, 2.45) is 0 Å². The highest BCUT2D eigenvalue weighted by atomic mass is 35.5. The summed E-state index contributed by atoms with van der Waals surface area (Å²) in [5, 5.41) is 8.71. The summed E-state index contributed by atoms with van der Waals surface area (Å²) >= 11 is 6.01. The van der Waals surface area contributed by atoms with Crippen LogP contribution >= 0.6 is 11.6 Å². The van der Waals surface area contributed by atoms with E-state index in [1.165, 1.54) is 5.56 Å². The van der Waals surface area contributed by atoms with Crippen LogP contribution in [0.15, 0.2) is 54.9 Å². The van der Waals surface area contributed by atoms with Crippen LogP contribution in [0.4, 0.5) is 5.82 Å². The normalized spacial score (nSPS) is 17.5. The minimum absolute atomic E-state index is 0.0990. The Bertz CT molecular complexity index is 1080. The number of rotatable bonds is 7. The molecular formula is C26H31ClN4O. The highest BCUT2D eigenvalue weighted by Gasteiger charge is 2.38. The van der Waals surface area contributed by atoms with E-state index in [0.717, 1.165) is 30.6 Å². The van der Waals surface area contributed by atoms with E-state index in [2.05, 4.69) is 67.4 Å². The average Bonchev–Trinajstić information content (AvgIpc) is 3.24. The van der Waals surface area contributed by atoms with Crippen molar-refractivity contribution in [2.45, 2.75) is 70.4 Å². The zero-order chi connectivity index (χ0) is 22.9. The maximum absolute atomic E-state index is 13.7. The molecule has 0 aliphatic carbocycles. The second kappa shape index (κ2) is 8.70. The van der Waals surface area contributed by atoms with Gasteiger partial charge in [0.2, 0.25) is 0 Å². The first kappa shape index (κ1) is 22.5. The first-order valence-electron chi connectivity index (χ1n) is 11.3. The summed E-state index contributed by atoms with van der Waals surface area (Å²) in [5.41, 5.74) is 2.44. The Morgan fingerprint density at radius 3 is 2.50 bits per heavy atom. The summed E-state index contributed by atoms with van der Waals surface area (Å²) in [6, 6.07) is 14.3. The first-order chi connectivity index (χ1) is 15.3. The molecule has 0 saturated carbocycles. The molecule has 3 aromatic rings. The molecule has 1 aliphatic rings. The number of hydrogen-bond acceptors (Lipinski definition) is 4. The van der Waals surface area contributed by atoms with Gasteiger partial charge in [0.25, 0.3) is 0 Å². The second-order valence-corrected chi connectivity index (χ2v) is 9.79. The zero-order valence-electron chi connectivity index (χ0n) is 19.2. The molecule has 6 heteroatoms. The van der Waals surface area contributed by atoms with Gasteiger partial charge in [0.1, 0.15) is 11.0 Å². The van der Waals surface area contributed by atoms with Crippen LogP contribution in [0.3, 0.4) is 0 Å². The number of carbonyl (C=O) groups excluding carboxylic acids is 1. The molecule has 2 aromatic heterocycles. The van der Waals surface area contributed by atoms with Gasteiger partial charge in [0, 0.05) is 18.0 Å². The van der Waals surface area contributed by atoms with Crippen LogP contribution in [0.1, 0.15) is 80.9 Å². The van der Waals surface area contributed by atoms with Crippen LogP contribution in [-0.4, -0.2) is 20.5 Å². The molecule has 1 atom stereocenters. The summed E-state index contributed by atoms with van der Waals surface area (Å²) in [6.07, 6.45) is 6.52. The predicted octanol–water partition coefficient (Wildman–Crippen LogP) is 6.55. The zero-order valence-corrected chi connectivity index (χ0v) is 20.0.